The van der Waals surface area contributed by atoms with Crippen LogP contribution in [-0.2, 0) is 10.0 Å². The Labute approximate surface area is 123 Å². The van der Waals surface area contributed by atoms with E-state index in [-0.39, 0.29) is 0 Å². The van der Waals surface area contributed by atoms with Crippen molar-refractivity contribution in [1.82, 2.24) is 3.97 Å². The van der Waals surface area contributed by atoms with Crippen LogP contribution in [0.5, 0.6) is 5.75 Å². The molecular formula is C16H15NO3S. The lowest BCUT2D eigenvalue weighted by Gasteiger charge is -2.03. The molecule has 0 saturated carbocycles. The Kier molecular flexibility index (Phi) is 3.22. The lowest BCUT2D eigenvalue weighted by Crippen LogP contribution is -2.08. The number of fused-ring (bicyclic) bond motifs is 1. The predicted molar refractivity (Wildman–Crippen MR) is 84.2 cm³/mol. The van der Waals surface area contributed by atoms with Gasteiger partial charge in [-0.15, -0.1) is 0 Å². The predicted octanol–water partition coefficient (Wildman–Crippen LogP) is 3.12. The second kappa shape index (κ2) is 4.93. The molecule has 0 aliphatic rings. The molecule has 3 aromatic rings. The van der Waals surface area contributed by atoms with Crippen LogP contribution in [-0.4, -0.2) is 25.8 Å². The smallest absolute Gasteiger partial charge is 0.236 e. The molecule has 0 spiro atoms. The Morgan fingerprint density at radius 1 is 1.05 bits per heavy atom. The molecule has 0 aliphatic carbocycles. The molecule has 4 nitrogen and oxygen atoms in total. The number of methoxy groups -OCH3 is 1. The second-order valence-electron chi connectivity index (χ2n) is 4.85. The van der Waals surface area contributed by atoms with Gasteiger partial charge in [0.05, 0.1) is 18.9 Å². The minimum atomic E-state index is -3.36. The van der Waals surface area contributed by atoms with E-state index < -0.39 is 10.0 Å². The molecule has 0 fully saturated rings. The monoisotopic (exact) mass is 301 g/mol. The standard InChI is InChI=1S/C16H15NO3S/c1-20-13-8-9-16-14(10-13)15(11-17(16)21(2,18)19)12-6-4-3-5-7-12/h3-11H,1-2H3. The third-order valence-corrected chi connectivity index (χ3v) is 4.44. The van der Waals surface area contributed by atoms with Crippen LogP contribution in [0.4, 0.5) is 0 Å². The maximum atomic E-state index is 12.0. The topological polar surface area (TPSA) is 48.3 Å². The molecule has 0 saturated heterocycles. The summed E-state index contributed by atoms with van der Waals surface area (Å²) >= 11 is 0. The molecule has 0 unspecified atom stereocenters. The van der Waals surface area contributed by atoms with Gasteiger partial charge in [0.2, 0.25) is 10.0 Å². The van der Waals surface area contributed by atoms with Gasteiger partial charge in [-0.3, -0.25) is 0 Å². The third kappa shape index (κ3) is 2.40. The van der Waals surface area contributed by atoms with Crippen molar-refractivity contribution >= 4 is 20.9 Å². The molecule has 21 heavy (non-hydrogen) atoms. The average molecular weight is 301 g/mol. The Hall–Kier alpha value is -2.27. The van der Waals surface area contributed by atoms with E-state index in [0.717, 1.165) is 16.5 Å². The summed E-state index contributed by atoms with van der Waals surface area (Å²) in [5, 5.41) is 0.853. The van der Waals surface area contributed by atoms with Crippen LogP contribution in [0.2, 0.25) is 0 Å². The number of hydrogen-bond acceptors (Lipinski definition) is 3. The zero-order valence-corrected chi connectivity index (χ0v) is 12.6. The molecule has 0 aliphatic heterocycles. The van der Waals surface area contributed by atoms with Gasteiger partial charge in [0.25, 0.3) is 0 Å². The number of hydrogen-bond donors (Lipinski definition) is 0. The molecule has 0 amide bonds. The van der Waals surface area contributed by atoms with E-state index >= 15 is 0 Å². The van der Waals surface area contributed by atoms with E-state index in [1.165, 1.54) is 10.2 Å². The molecule has 3 rings (SSSR count). The quantitative estimate of drug-likeness (QED) is 0.747. The molecule has 108 valence electrons. The summed E-state index contributed by atoms with van der Waals surface area (Å²) in [7, 11) is -1.77. The van der Waals surface area contributed by atoms with Crippen LogP contribution in [0.25, 0.3) is 22.0 Å². The van der Waals surface area contributed by atoms with Crippen molar-refractivity contribution < 1.29 is 13.2 Å². The SMILES string of the molecule is COc1ccc2c(c1)c(-c1ccccc1)cn2S(C)(=O)=O. The zero-order chi connectivity index (χ0) is 15.0. The van der Waals surface area contributed by atoms with Crippen molar-refractivity contribution in [2.45, 2.75) is 0 Å². The van der Waals surface area contributed by atoms with E-state index in [1.54, 1.807) is 25.4 Å². The number of nitrogens with zero attached hydrogens (tertiary/aromatic N) is 1. The van der Waals surface area contributed by atoms with Crippen LogP contribution in [0.1, 0.15) is 0 Å². The number of aromatic nitrogens is 1. The van der Waals surface area contributed by atoms with Crippen molar-refractivity contribution in [2.24, 2.45) is 0 Å². The van der Waals surface area contributed by atoms with Gasteiger partial charge in [0.1, 0.15) is 5.75 Å². The third-order valence-electron chi connectivity index (χ3n) is 3.42. The highest BCUT2D eigenvalue weighted by Crippen LogP contribution is 2.33. The summed E-state index contributed by atoms with van der Waals surface area (Å²) in [6, 6.07) is 15.1. The zero-order valence-electron chi connectivity index (χ0n) is 11.8. The van der Waals surface area contributed by atoms with Crippen LogP contribution < -0.4 is 4.74 Å². The van der Waals surface area contributed by atoms with Gasteiger partial charge in [0.15, 0.2) is 0 Å². The summed E-state index contributed by atoms with van der Waals surface area (Å²) in [4.78, 5) is 0. The lowest BCUT2D eigenvalue weighted by atomic mass is 10.0. The Morgan fingerprint density at radius 3 is 2.38 bits per heavy atom. The molecule has 0 N–H and O–H groups in total. The van der Waals surface area contributed by atoms with Crippen LogP contribution in [0.15, 0.2) is 54.7 Å². The van der Waals surface area contributed by atoms with Crippen molar-refractivity contribution in [3.63, 3.8) is 0 Å². The van der Waals surface area contributed by atoms with Gasteiger partial charge in [-0.25, -0.2) is 12.4 Å². The number of rotatable bonds is 3. The van der Waals surface area contributed by atoms with Crippen molar-refractivity contribution in [1.29, 1.82) is 0 Å². The highest BCUT2D eigenvalue weighted by atomic mass is 32.2. The second-order valence-corrected chi connectivity index (χ2v) is 6.71. The normalized spacial score (nSPS) is 11.7. The van der Waals surface area contributed by atoms with Crippen molar-refractivity contribution in [3.8, 4) is 16.9 Å². The minimum Gasteiger partial charge on any atom is -0.497 e. The Balaban J connectivity index is 2.39. The first kappa shape index (κ1) is 13.7. The molecule has 0 bridgehead atoms. The number of benzene rings is 2. The maximum Gasteiger partial charge on any atom is 0.236 e. The molecular weight excluding hydrogens is 286 g/mol. The fraction of sp³-hybridized carbons (Fsp3) is 0.125. The first-order valence-electron chi connectivity index (χ1n) is 6.46. The lowest BCUT2D eigenvalue weighted by molar-refractivity contribution is 0.415. The molecule has 0 atom stereocenters. The molecule has 5 heteroatoms. The average Bonchev–Trinajstić information content (AvgIpc) is 2.86. The van der Waals surface area contributed by atoms with E-state index in [4.69, 9.17) is 4.74 Å². The maximum absolute atomic E-state index is 12.0. The summed E-state index contributed by atoms with van der Waals surface area (Å²) < 4.78 is 30.5. The summed E-state index contributed by atoms with van der Waals surface area (Å²) in [6.45, 7) is 0. The number of ether oxygens (including phenoxy) is 1. The summed E-state index contributed by atoms with van der Waals surface area (Å²) in [5.41, 5.74) is 2.49. The van der Waals surface area contributed by atoms with Crippen molar-refractivity contribution in [2.75, 3.05) is 13.4 Å². The van der Waals surface area contributed by atoms with Crippen LogP contribution in [0, 0.1) is 0 Å². The van der Waals surface area contributed by atoms with E-state index in [0.29, 0.717) is 11.3 Å². The van der Waals surface area contributed by atoms with Crippen LogP contribution in [0.3, 0.4) is 0 Å². The highest BCUT2D eigenvalue weighted by molar-refractivity contribution is 7.89. The van der Waals surface area contributed by atoms with Gasteiger partial charge >= 0.3 is 0 Å². The van der Waals surface area contributed by atoms with Crippen LogP contribution >= 0.6 is 0 Å². The van der Waals surface area contributed by atoms with Gasteiger partial charge in [-0.1, -0.05) is 30.3 Å². The van der Waals surface area contributed by atoms with Gasteiger partial charge in [-0.05, 0) is 23.8 Å². The first-order valence-corrected chi connectivity index (χ1v) is 8.30. The van der Waals surface area contributed by atoms with E-state index in [2.05, 4.69) is 0 Å². The Morgan fingerprint density at radius 2 is 1.76 bits per heavy atom. The summed E-state index contributed by atoms with van der Waals surface area (Å²) in [5.74, 6) is 0.700. The first-order chi connectivity index (χ1) is 10.0. The summed E-state index contributed by atoms with van der Waals surface area (Å²) in [6.07, 6.45) is 2.86. The fourth-order valence-corrected chi connectivity index (χ4v) is 3.24. The van der Waals surface area contributed by atoms with Gasteiger partial charge in [-0.2, -0.15) is 0 Å². The largest absolute Gasteiger partial charge is 0.497 e. The Bertz CT molecular complexity index is 896. The van der Waals surface area contributed by atoms with Gasteiger partial charge in [0, 0.05) is 17.1 Å². The molecule has 1 heterocycles. The molecule has 2 aromatic carbocycles. The molecule has 1 aromatic heterocycles. The highest BCUT2D eigenvalue weighted by Gasteiger charge is 2.16. The minimum absolute atomic E-state index is 0.650. The molecule has 0 radical (unpaired) electrons. The van der Waals surface area contributed by atoms with E-state index in [1.807, 2.05) is 36.4 Å². The van der Waals surface area contributed by atoms with Gasteiger partial charge < -0.3 is 4.74 Å². The van der Waals surface area contributed by atoms with Crippen molar-refractivity contribution in [3.05, 3.63) is 54.7 Å². The fourth-order valence-electron chi connectivity index (χ4n) is 2.43. The van der Waals surface area contributed by atoms with E-state index in [9.17, 15) is 8.42 Å².